The van der Waals surface area contributed by atoms with Gasteiger partial charge in [0.15, 0.2) is 0 Å². The lowest BCUT2D eigenvalue weighted by atomic mass is 10.0. The highest BCUT2D eigenvalue weighted by Crippen LogP contribution is 2.22. The number of methoxy groups -OCH3 is 1. The van der Waals surface area contributed by atoms with Crippen LogP contribution in [0.15, 0.2) is 83.4 Å². The predicted molar refractivity (Wildman–Crippen MR) is 109 cm³/mol. The standard InChI is InChI=1S/C23H19N3O3/c1-28-20-12-6-10-18(14-20)22-25-21(29-26-22)15-24-23(27)19-11-5-9-17(13-19)16-7-3-2-4-8-16/h2-14H,15H2,1H3,(H,24,27). The molecule has 1 aromatic heterocycles. The van der Waals surface area contributed by atoms with Crippen molar-refractivity contribution in [2.75, 3.05) is 7.11 Å². The zero-order valence-electron chi connectivity index (χ0n) is 15.8. The quantitative estimate of drug-likeness (QED) is 0.534. The number of carbonyl (C=O) groups is 1. The molecule has 0 atom stereocenters. The molecule has 0 fully saturated rings. The van der Waals surface area contributed by atoms with E-state index in [1.807, 2.05) is 72.8 Å². The number of carbonyl (C=O) groups excluding carboxylic acids is 1. The largest absolute Gasteiger partial charge is 0.497 e. The number of nitrogens with one attached hydrogen (secondary N) is 1. The van der Waals surface area contributed by atoms with Crippen LogP contribution in [0, 0.1) is 0 Å². The molecule has 0 saturated heterocycles. The van der Waals surface area contributed by atoms with Gasteiger partial charge in [-0.2, -0.15) is 4.98 Å². The summed E-state index contributed by atoms with van der Waals surface area (Å²) in [6.45, 7) is 0.144. The summed E-state index contributed by atoms with van der Waals surface area (Å²) in [6.07, 6.45) is 0. The van der Waals surface area contributed by atoms with E-state index in [4.69, 9.17) is 9.26 Å². The lowest BCUT2D eigenvalue weighted by molar-refractivity contribution is 0.0946. The molecule has 4 rings (SSSR count). The first-order valence-corrected chi connectivity index (χ1v) is 9.13. The molecular weight excluding hydrogens is 366 g/mol. The maximum Gasteiger partial charge on any atom is 0.251 e. The summed E-state index contributed by atoms with van der Waals surface area (Å²) in [5.74, 6) is 1.28. The number of hydrogen-bond acceptors (Lipinski definition) is 5. The molecule has 0 aliphatic carbocycles. The Balaban J connectivity index is 1.43. The first-order valence-electron chi connectivity index (χ1n) is 9.13. The summed E-state index contributed by atoms with van der Waals surface area (Å²) < 4.78 is 10.5. The predicted octanol–water partition coefficient (Wildman–Crippen LogP) is 4.34. The van der Waals surface area contributed by atoms with Crippen LogP contribution >= 0.6 is 0 Å². The fraction of sp³-hybridized carbons (Fsp3) is 0.0870. The Bertz CT molecular complexity index is 1120. The lowest BCUT2D eigenvalue weighted by Crippen LogP contribution is -2.22. The average molecular weight is 385 g/mol. The van der Waals surface area contributed by atoms with Crippen LogP contribution in [0.3, 0.4) is 0 Å². The molecule has 0 aliphatic heterocycles. The van der Waals surface area contributed by atoms with Gasteiger partial charge in [0.25, 0.3) is 5.91 Å². The molecule has 144 valence electrons. The van der Waals surface area contributed by atoms with Gasteiger partial charge in [0.05, 0.1) is 13.7 Å². The third kappa shape index (κ3) is 4.32. The van der Waals surface area contributed by atoms with Gasteiger partial charge in [0, 0.05) is 11.1 Å². The van der Waals surface area contributed by atoms with Gasteiger partial charge < -0.3 is 14.6 Å². The Morgan fingerprint density at radius 3 is 2.52 bits per heavy atom. The average Bonchev–Trinajstić information content (AvgIpc) is 3.27. The number of benzene rings is 3. The fourth-order valence-corrected chi connectivity index (χ4v) is 2.93. The molecule has 0 aliphatic rings. The van der Waals surface area contributed by atoms with Crippen molar-refractivity contribution in [1.82, 2.24) is 15.5 Å². The van der Waals surface area contributed by atoms with E-state index < -0.39 is 0 Å². The van der Waals surface area contributed by atoms with Gasteiger partial charge in [-0.05, 0) is 35.4 Å². The molecule has 1 amide bonds. The minimum atomic E-state index is -0.205. The number of hydrogen-bond donors (Lipinski definition) is 1. The molecule has 0 radical (unpaired) electrons. The van der Waals surface area contributed by atoms with Crippen LogP contribution in [0.5, 0.6) is 5.75 Å². The van der Waals surface area contributed by atoms with Crippen molar-refractivity contribution >= 4 is 5.91 Å². The maximum atomic E-state index is 12.5. The van der Waals surface area contributed by atoms with E-state index >= 15 is 0 Å². The second kappa shape index (κ2) is 8.39. The van der Waals surface area contributed by atoms with E-state index in [1.165, 1.54) is 0 Å². The van der Waals surface area contributed by atoms with Crippen molar-refractivity contribution in [2.24, 2.45) is 0 Å². The molecule has 4 aromatic rings. The van der Waals surface area contributed by atoms with Gasteiger partial charge in [-0.25, -0.2) is 0 Å². The summed E-state index contributed by atoms with van der Waals surface area (Å²) in [4.78, 5) is 16.9. The van der Waals surface area contributed by atoms with Crippen molar-refractivity contribution < 1.29 is 14.1 Å². The number of nitrogens with zero attached hydrogens (tertiary/aromatic N) is 2. The van der Waals surface area contributed by atoms with Crippen molar-refractivity contribution in [1.29, 1.82) is 0 Å². The van der Waals surface area contributed by atoms with Crippen LogP contribution in [0.2, 0.25) is 0 Å². The highest BCUT2D eigenvalue weighted by atomic mass is 16.5. The number of aromatic nitrogens is 2. The van der Waals surface area contributed by atoms with Crippen molar-refractivity contribution in [2.45, 2.75) is 6.54 Å². The highest BCUT2D eigenvalue weighted by Gasteiger charge is 2.12. The van der Waals surface area contributed by atoms with Gasteiger partial charge in [-0.3, -0.25) is 4.79 Å². The Morgan fingerprint density at radius 2 is 1.69 bits per heavy atom. The molecule has 0 saturated carbocycles. The number of ether oxygens (including phenoxy) is 1. The van der Waals surface area contributed by atoms with E-state index in [0.29, 0.717) is 23.0 Å². The topological polar surface area (TPSA) is 77.3 Å². The van der Waals surface area contributed by atoms with Crippen LogP contribution < -0.4 is 10.1 Å². The van der Waals surface area contributed by atoms with E-state index in [0.717, 1.165) is 16.7 Å². The third-order valence-electron chi connectivity index (χ3n) is 4.43. The molecule has 6 heteroatoms. The van der Waals surface area contributed by atoms with Crippen LogP contribution in [0.4, 0.5) is 0 Å². The summed E-state index contributed by atoms with van der Waals surface area (Å²) in [6, 6.07) is 24.8. The number of amides is 1. The minimum Gasteiger partial charge on any atom is -0.497 e. The first kappa shape index (κ1) is 18.4. The monoisotopic (exact) mass is 385 g/mol. The minimum absolute atomic E-state index is 0.144. The van der Waals surface area contributed by atoms with Gasteiger partial charge >= 0.3 is 0 Å². The second-order valence-electron chi connectivity index (χ2n) is 6.37. The Kier molecular flexibility index (Phi) is 5.33. The molecule has 1 heterocycles. The summed E-state index contributed by atoms with van der Waals surface area (Å²) in [7, 11) is 1.60. The normalized spacial score (nSPS) is 10.5. The Hall–Kier alpha value is -3.93. The maximum absolute atomic E-state index is 12.5. The molecule has 6 nitrogen and oxygen atoms in total. The van der Waals surface area contributed by atoms with E-state index in [9.17, 15) is 4.79 Å². The van der Waals surface area contributed by atoms with E-state index in [-0.39, 0.29) is 12.5 Å². The molecule has 0 bridgehead atoms. The molecule has 0 unspecified atom stereocenters. The highest BCUT2D eigenvalue weighted by molar-refractivity contribution is 5.95. The van der Waals surface area contributed by atoms with Crippen molar-refractivity contribution in [3.05, 3.63) is 90.3 Å². The molecular formula is C23H19N3O3. The van der Waals surface area contributed by atoms with E-state index in [2.05, 4.69) is 15.5 Å². The summed E-state index contributed by atoms with van der Waals surface area (Å²) >= 11 is 0. The van der Waals surface area contributed by atoms with Crippen LogP contribution in [-0.4, -0.2) is 23.2 Å². The number of rotatable bonds is 6. The van der Waals surface area contributed by atoms with Crippen LogP contribution in [0.25, 0.3) is 22.5 Å². The van der Waals surface area contributed by atoms with Gasteiger partial charge in [-0.1, -0.05) is 59.8 Å². The van der Waals surface area contributed by atoms with E-state index in [1.54, 1.807) is 13.2 Å². The van der Waals surface area contributed by atoms with Gasteiger partial charge in [0.2, 0.25) is 11.7 Å². The zero-order valence-corrected chi connectivity index (χ0v) is 15.8. The van der Waals surface area contributed by atoms with Crippen LogP contribution in [0.1, 0.15) is 16.2 Å². The fourth-order valence-electron chi connectivity index (χ4n) is 2.93. The third-order valence-corrected chi connectivity index (χ3v) is 4.43. The smallest absolute Gasteiger partial charge is 0.251 e. The van der Waals surface area contributed by atoms with Gasteiger partial charge in [-0.15, -0.1) is 0 Å². The molecule has 3 aromatic carbocycles. The molecule has 1 N–H and O–H groups in total. The van der Waals surface area contributed by atoms with Gasteiger partial charge in [0.1, 0.15) is 5.75 Å². The summed E-state index contributed by atoms with van der Waals surface area (Å²) in [5, 5.41) is 6.79. The SMILES string of the molecule is COc1cccc(-c2noc(CNC(=O)c3cccc(-c4ccccc4)c3)n2)c1. The van der Waals surface area contributed by atoms with Crippen molar-refractivity contribution in [3.8, 4) is 28.3 Å². The Labute approximate surface area is 168 Å². The second-order valence-corrected chi connectivity index (χ2v) is 6.37. The zero-order chi connectivity index (χ0) is 20.1. The molecule has 29 heavy (non-hydrogen) atoms. The molecule has 0 spiro atoms. The van der Waals surface area contributed by atoms with Crippen molar-refractivity contribution in [3.63, 3.8) is 0 Å². The lowest BCUT2D eigenvalue weighted by Gasteiger charge is -2.06. The summed E-state index contributed by atoms with van der Waals surface area (Å²) in [5.41, 5.74) is 3.39. The van der Waals surface area contributed by atoms with Crippen LogP contribution in [-0.2, 0) is 6.54 Å². The first-order chi connectivity index (χ1) is 14.2. The Morgan fingerprint density at radius 1 is 0.931 bits per heavy atom.